The largest absolute Gasteiger partial charge is 0.378 e. The van der Waals surface area contributed by atoms with Crippen molar-refractivity contribution >= 4 is 5.78 Å². The molecule has 0 atom stereocenters. The second kappa shape index (κ2) is 5.61. The highest BCUT2D eigenvalue weighted by Gasteiger charge is 1.99. The van der Waals surface area contributed by atoms with Gasteiger partial charge in [0.1, 0.15) is 6.54 Å². The molecule has 1 aromatic rings. The molecule has 0 heterocycles. The minimum atomic E-state index is -0.0690. The molecule has 0 radical (unpaired) electrons. The van der Waals surface area contributed by atoms with Crippen molar-refractivity contribution in [2.75, 3.05) is 6.54 Å². The predicted molar refractivity (Wildman–Crippen MR) is 58.3 cm³/mol. The topological polar surface area (TPSA) is 52.9 Å². The molecule has 1 rings (SSSR count). The fourth-order valence-corrected chi connectivity index (χ4v) is 1.05. The van der Waals surface area contributed by atoms with Gasteiger partial charge in [-0.25, -0.2) is 0 Å². The molecule has 0 saturated heterocycles. The number of benzene rings is 1. The molecule has 3 heteroatoms. The first-order valence-electron chi connectivity index (χ1n) is 4.62. The summed E-state index contributed by atoms with van der Waals surface area (Å²) in [4.78, 5) is 11.5. The van der Waals surface area contributed by atoms with Gasteiger partial charge in [0.2, 0.25) is 0 Å². The number of carbonyl (C=O) groups is 1. The Hall–Kier alpha value is -2.08. The molecule has 0 bridgehead atoms. The average Bonchev–Trinajstić information content (AvgIpc) is 2.25. The van der Waals surface area contributed by atoms with E-state index in [9.17, 15) is 4.79 Å². The van der Waals surface area contributed by atoms with E-state index >= 15 is 0 Å². The summed E-state index contributed by atoms with van der Waals surface area (Å²) in [5.74, 6) is -0.0690. The van der Waals surface area contributed by atoms with Gasteiger partial charge in [-0.05, 0) is 6.92 Å². The third-order valence-corrected chi connectivity index (χ3v) is 1.87. The third kappa shape index (κ3) is 3.65. The minimum Gasteiger partial charge on any atom is -0.378 e. The lowest BCUT2D eigenvalue weighted by molar-refractivity contribution is 0.104. The number of hydrogen-bond donors (Lipinski definition) is 1. The maximum absolute atomic E-state index is 11.5. The second-order valence-electron chi connectivity index (χ2n) is 3.10. The molecule has 1 aromatic carbocycles. The van der Waals surface area contributed by atoms with Gasteiger partial charge in [-0.1, -0.05) is 29.8 Å². The molecule has 3 nitrogen and oxygen atoms in total. The first kappa shape index (κ1) is 11.0. The SMILES string of the molecule is Cc1ccc(C(=O)/C=C\NCC#N)cc1. The summed E-state index contributed by atoms with van der Waals surface area (Å²) in [6.45, 7) is 2.18. The molecule has 0 aliphatic rings. The van der Waals surface area contributed by atoms with Crippen LogP contribution in [0.25, 0.3) is 0 Å². The predicted octanol–water partition coefficient (Wildman–Crippen LogP) is 1.80. The van der Waals surface area contributed by atoms with Gasteiger partial charge in [0, 0.05) is 17.8 Å². The number of ketones is 1. The van der Waals surface area contributed by atoms with Crippen molar-refractivity contribution in [1.29, 1.82) is 5.26 Å². The van der Waals surface area contributed by atoms with Crippen molar-refractivity contribution in [2.24, 2.45) is 0 Å². The molecular weight excluding hydrogens is 188 g/mol. The van der Waals surface area contributed by atoms with Crippen LogP contribution >= 0.6 is 0 Å². The Kier molecular flexibility index (Phi) is 4.11. The zero-order valence-corrected chi connectivity index (χ0v) is 8.53. The van der Waals surface area contributed by atoms with Crippen LogP contribution in [0.3, 0.4) is 0 Å². The Morgan fingerprint density at radius 1 is 1.47 bits per heavy atom. The van der Waals surface area contributed by atoms with Crippen molar-refractivity contribution in [3.05, 3.63) is 47.7 Å². The van der Waals surface area contributed by atoms with Gasteiger partial charge >= 0.3 is 0 Å². The zero-order chi connectivity index (χ0) is 11.1. The number of nitrogens with zero attached hydrogens (tertiary/aromatic N) is 1. The Morgan fingerprint density at radius 3 is 2.73 bits per heavy atom. The van der Waals surface area contributed by atoms with Crippen LogP contribution < -0.4 is 5.32 Å². The van der Waals surface area contributed by atoms with E-state index in [1.165, 1.54) is 12.3 Å². The summed E-state index contributed by atoms with van der Waals surface area (Å²) < 4.78 is 0. The molecule has 0 saturated carbocycles. The summed E-state index contributed by atoms with van der Waals surface area (Å²) in [6.07, 6.45) is 2.91. The molecule has 0 aliphatic carbocycles. The van der Waals surface area contributed by atoms with E-state index < -0.39 is 0 Å². The Labute approximate surface area is 89.0 Å². The molecular formula is C12H12N2O. The van der Waals surface area contributed by atoms with Gasteiger partial charge in [-0.3, -0.25) is 4.79 Å². The van der Waals surface area contributed by atoms with Crippen LogP contribution in [0.1, 0.15) is 15.9 Å². The Balaban J connectivity index is 2.58. The lowest BCUT2D eigenvalue weighted by atomic mass is 10.1. The first-order valence-corrected chi connectivity index (χ1v) is 4.62. The van der Waals surface area contributed by atoms with Crippen LogP contribution in [0, 0.1) is 18.3 Å². The number of carbonyl (C=O) groups excluding carboxylic acids is 1. The quantitative estimate of drug-likeness (QED) is 0.349. The summed E-state index contributed by atoms with van der Waals surface area (Å²) in [5.41, 5.74) is 1.77. The number of nitriles is 1. The van der Waals surface area contributed by atoms with Gasteiger partial charge in [-0.2, -0.15) is 5.26 Å². The highest BCUT2D eigenvalue weighted by atomic mass is 16.1. The smallest absolute Gasteiger partial charge is 0.187 e. The van der Waals surface area contributed by atoms with Gasteiger partial charge in [0.15, 0.2) is 5.78 Å². The number of hydrogen-bond acceptors (Lipinski definition) is 3. The highest BCUT2D eigenvalue weighted by molar-refractivity contribution is 6.04. The molecule has 0 aromatic heterocycles. The van der Waals surface area contributed by atoms with E-state index in [0.29, 0.717) is 5.56 Å². The highest BCUT2D eigenvalue weighted by Crippen LogP contribution is 2.04. The van der Waals surface area contributed by atoms with Crippen molar-refractivity contribution < 1.29 is 4.79 Å². The van der Waals surface area contributed by atoms with E-state index in [0.717, 1.165) is 5.56 Å². The normalized spacial score (nSPS) is 9.87. The molecule has 0 amide bonds. The zero-order valence-electron chi connectivity index (χ0n) is 8.53. The van der Waals surface area contributed by atoms with Gasteiger partial charge in [0.05, 0.1) is 6.07 Å². The van der Waals surface area contributed by atoms with Crippen LogP contribution in [-0.4, -0.2) is 12.3 Å². The van der Waals surface area contributed by atoms with E-state index in [1.807, 2.05) is 25.1 Å². The van der Waals surface area contributed by atoms with Crippen LogP contribution in [-0.2, 0) is 0 Å². The third-order valence-electron chi connectivity index (χ3n) is 1.87. The maximum atomic E-state index is 11.5. The van der Waals surface area contributed by atoms with Gasteiger partial charge < -0.3 is 5.32 Å². The van der Waals surface area contributed by atoms with Crippen molar-refractivity contribution in [1.82, 2.24) is 5.32 Å². The average molecular weight is 200 g/mol. The van der Waals surface area contributed by atoms with Gasteiger partial charge in [0.25, 0.3) is 0 Å². The minimum absolute atomic E-state index is 0.0690. The lowest BCUT2D eigenvalue weighted by Crippen LogP contribution is -2.05. The van der Waals surface area contributed by atoms with Gasteiger partial charge in [-0.15, -0.1) is 0 Å². The summed E-state index contributed by atoms with van der Waals surface area (Å²) >= 11 is 0. The lowest BCUT2D eigenvalue weighted by Gasteiger charge is -1.96. The van der Waals surface area contributed by atoms with Crippen LogP contribution in [0.4, 0.5) is 0 Å². The molecule has 0 aliphatic heterocycles. The van der Waals surface area contributed by atoms with Crippen LogP contribution in [0.2, 0.25) is 0 Å². The molecule has 0 spiro atoms. The molecule has 0 unspecified atom stereocenters. The molecule has 1 N–H and O–H groups in total. The number of rotatable bonds is 4. The standard InChI is InChI=1S/C12H12N2O/c1-10-2-4-11(5-3-10)12(15)6-8-14-9-7-13/h2-6,8,14H,9H2,1H3/b8-6-. The molecule has 0 fully saturated rings. The van der Waals surface area contributed by atoms with Crippen LogP contribution in [0.15, 0.2) is 36.5 Å². The van der Waals surface area contributed by atoms with Crippen molar-refractivity contribution in [2.45, 2.75) is 6.92 Å². The summed E-state index contributed by atoms with van der Waals surface area (Å²) in [6, 6.07) is 9.27. The van der Waals surface area contributed by atoms with E-state index in [-0.39, 0.29) is 12.3 Å². The van der Waals surface area contributed by atoms with E-state index in [2.05, 4.69) is 5.32 Å². The maximum Gasteiger partial charge on any atom is 0.187 e. The first-order chi connectivity index (χ1) is 7.24. The summed E-state index contributed by atoms with van der Waals surface area (Å²) in [7, 11) is 0. The Morgan fingerprint density at radius 2 is 2.13 bits per heavy atom. The fourth-order valence-electron chi connectivity index (χ4n) is 1.05. The van der Waals surface area contributed by atoms with E-state index in [1.54, 1.807) is 12.1 Å². The monoisotopic (exact) mass is 200 g/mol. The summed E-state index contributed by atoms with van der Waals surface area (Å²) in [5, 5.41) is 10.9. The number of aryl methyl sites for hydroxylation is 1. The fraction of sp³-hybridized carbons (Fsp3) is 0.167. The Bertz CT molecular complexity index is 399. The number of allylic oxidation sites excluding steroid dienone is 1. The molecule has 76 valence electrons. The number of nitrogens with one attached hydrogen (secondary N) is 1. The second-order valence-corrected chi connectivity index (χ2v) is 3.10. The van der Waals surface area contributed by atoms with Crippen LogP contribution in [0.5, 0.6) is 0 Å². The van der Waals surface area contributed by atoms with Crippen molar-refractivity contribution in [3.8, 4) is 6.07 Å². The van der Waals surface area contributed by atoms with E-state index in [4.69, 9.17) is 5.26 Å². The molecule has 15 heavy (non-hydrogen) atoms. The van der Waals surface area contributed by atoms with Crippen molar-refractivity contribution in [3.63, 3.8) is 0 Å².